The number of nitrogens with one attached hydrogen (secondary N) is 1. The minimum Gasteiger partial charge on any atom is -0.489 e. The number of amides is 1. The number of aromatic nitrogens is 2. The summed E-state index contributed by atoms with van der Waals surface area (Å²) in [6.07, 6.45) is 3.67. The van der Waals surface area contributed by atoms with E-state index in [1.807, 2.05) is 71.7 Å². The second-order valence-electron chi connectivity index (χ2n) is 7.03. The van der Waals surface area contributed by atoms with Crippen molar-refractivity contribution in [3.63, 3.8) is 0 Å². The van der Waals surface area contributed by atoms with Crippen molar-refractivity contribution in [3.05, 3.63) is 97.4 Å². The standard InChI is InChI=1S/C23H19BrClN3O2S/c1-15-8-20(6-7-21(15)25)30-13-17-9-22(31-14-17)23(29)27-19-4-2-16(3-5-19)11-28-12-18(24)10-26-28/h2-10,12,14H,11,13H2,1H3,(H,27,29). The molecule has 0 saturated heterocycles. The van der Waals surface area contributed by atoms with Crippen LogP contribution in [0, 0.1) is 6.92 Å². The topological polar surface area (TPSA) is 56.1 Å². The average Bonchev–Trinajstić information content (AvgIpc) is 3.39. The highest BCUT2D eigenvalue weighted by atomic mass is 79.9. The summed E-state index contributed by atoms with van der Waals surface area (Å²) >= 11 is 10.8. The SMILES string of the molecule is Cc1cc(OCc2csc(C(=O)Nc3ccc(Cn4cc(Br)cn4)cc3)c2)ccc1Cl. The molecule has 4 rings (SSSR count). The number of hydrogen-bond donors (Lipinski definition) is 1. The summed E-state index contributed by atoms with van der Waals surface area (Å²) in [4.78, 5) is 13.2. The molecule has 31 heavy (non-hydrogen) atoms. The van der Waals surface area contributed by atoms with Gasteiger partial charge in [0, 0.05) is 22.5 Å². The first-order valence-electron chi connectivity index (χ1n) is 9.51. The monoisotopic (exact) mass is 515 g/mol. The molecule has 1 N–H and O–H groups in total. The lowest BCUT2D eigenvalue weighted by atomic mass is 10.2. The molecule has 158 valence electrons. The highest BCUT2D eigenvalue weighted by Crippen LogP contribution is 2.23. The average molecular weight is 517 g/mol. The van der Waals surface area contributed by atoms with Gasteiger partial charge in [0.2, 0.25) is 0 Å². The zero-order valence-corrected chi connectivity index (χ0v) is 19.8. The van der Waals surface area contributed by atoms with Crippen LogP contribution in [-0.4, -0.2) is 15.7 Å². The number of aryl methyl sites for hydroxylation is 1. The van der Waals surface area contributed by atoms with Crippen LogP contribution in [0.5, 0.6) is 5.75 Å². The van der Waals surface area contributed by atoms with Gasteiger partial charge in [-0.05, 0) is 75.8 Å². The van der Waals surface area contributed by atoms with Gasteiger partial charge >= 0.3 is 0 Å². The molecule has 0 spiro atoms. The molecule has 5 nitrogen and oxygen atoms in total. The van der Waals surface area contributed by atoms with Gasteiger partial charge in [0.1, 0.15) is 12.4 Å². The van der Waals surface area contributed by atoms with Crippen molar-refractivity contribution in [2.75, 3.05) is 5.32 Å². The van der Waals surface area contributed by atoms with E-state index in [0.717, 1.165) is 32.6 Å². The van der Waals surface area contributed by atoms with Crippen molar-refractivity contribution in [2.45, 2.75) is 20.1 Å². The Bertz CT molecular complexity index is 1200. The molecule has 4 aromatic rings. The minimum atomic E-state index is -0.137. The molecule has 0 radical (unpaired) electrons. The van der Waals surface area contributed by atoms with Gasteiger partial charge in [0.15, 0.2) is 0 Å². The molecule has 8 heteroatoms. The number of nitrogens with zero attached hydrogens (tertiary/aromatic N) is 2. The van der Waals surface area contributed by atoms with Crippen LogP contribution >= 0.6 is 38.9 Å². The van der Waals surface area contributed by atoms with E-state index in [1.165, 1.54) is 11.3 Å². The van der Waals surface area contributed by atoms with E-state index in [-0.39, 0.29) is 5.91 Å². The Morgan fingerprint density at radius 2 is 2.00 bits per heavy atom. The quantitative estimate of drug-likeness (QED) is 0.303. The van der Waals surface area contributed by atoms with E-state index < -0.39 is 0 Å². The summed E-state index contributed by atoms with van der Waals surface area (Å²) in [6, 6.07) is 15.2. The summed E-state index contributed by atoms with van der Waals surface area (Å²) in [5.74, 6) is 0.615. The number of halogens is 2. The molecule has 0 aliphatic rings. The van der Waals surface area contributed by atoms with E-state index >= 15 is 0 Å². The van der Waals surface area contributed by atoms with Gasteiger partial charge in [0.05, 0.1) is 22.1 Å². The molecule has 0 atom stereocenters. The van der Waals surface area contributed by atoms with Crippen LogP contribution < -0.4 is 10.1 Å². The van der Waals surface area contributed by atoms with Crippen LogP contribution in [0.4, 0.5) is 5.69 Å². The highest BCUT2D eigenvalue weighted by Gasteiger charge is 2.10. The first-order valence-corrected chi connectivity index (χ1v) is 11.6. The Kier molecular flexibility index (Phi) is 6.75. The van der Waals surface area contributed by atoms with E-state index in [9.17, 15) is 4.79 Å². The minimum absolute atomic E-state index is 0.137. The molecule has 0 aliphatic heterocycles. The van der Waals surface area contributed by atoms with Crippen molar-refractivity contribution in [1.29, 1.82) is 0 Å². The summed E-state index contributed by atoms with van der Waals surface area (Å²) in [7, 11) is 0. The molecular weight excluding hydrogens is 498 g/mol. The van der Waals surface area contributed by atoms with Crippen LogP contribution in [0.25, 0.3) is 0 Å². The van der Waals surface area contributed by atoms with E-state index in [2.05, 4.69) is 26.3 Å². The largest absolute Gasteiger partial charge is 0.489 e. The van der Waals surface area contributed by atoms with Crippen LogP contribution in [0.1, 0.15) is 26.4 Å². The number of carbonyl (C=O) groups is 1. The maximum atomic E-state index is 12.6. The molecule has 2 aromatic carbocycles. The predicted octanol–water partition coefficient (Wildman–Crippen LogP) is 6.55. The van der Waals surface area contributed by atoms with Crippen LogP contribution in [0.3, 0.4) is 0 Å². The zero-order chi connectivity index (χ0) is 21.8. The summed E-state index contributed by atoms with van der Waals surface area (Å²) < 4.78 is 8.60. The second kappa shape index (κ2) is 9.68. The number of carbonyl (C=O) groups excluding carboxylic acids is 1. The van der Waals surface area contributed by atoms with E-state index in [4.69, 9.17) is 16.3 Å². The Hall–Kier alpha value is -2.61. The molecule has 0 unspecified atom stereocenters. The first kappa shape index (κ1) is 21.6. The lowest BCUT2D eigenvalue weighted by Gasteiger charge is -2.07. The number of thiophene rings is 1. The van der Waals surface area contributed by atoms with Gasteiger partial charge in [-0.3, -0.25) is 9.48 Å². The number of hydrogen-bond acceptors (Lipinski definition) is 4. The third-order valence-corrected chi connectivity index (χ3v) is 6.38. The summed E-state index contributed by atoms with van der Waals surface area (Å²) in [5.41, 5.74) is 3.76. The third kappa shape index (κ3) is 5.76. The van der Waals surface area contributed by atoms with Crippen molar-refractivity contribution >= 4 is 50.5 Å². The molecule has 0 bridgehead atoms. The van der Waals surface area contributed by atoms with Gasteiger partial charge in [-0.1, -0.05) is 23.7 Å². The normalized spacial score (nSPS) is 10.8. The maximum absolute atomic E-state index is 12.6. The number of ether oxygens (including phenoxy) is 1. The highest BCUT2D eigenvalue weighted by molar-refractivity contribution is 9.10. The fourth-order valence-corrected chi connectivity index (χ4v) is 4.18. The van der Waals surface area contributed by atoms with Crippen molar-refractivity contribution in [1.82, 2.24) is 9.78 Å². The Morgan fingerprint density at radius 1 is 1.19 bits per heavy atom. The summed E-state index contributed by atoms with van der Waals surface area (Å²) in [5, 5.41) is 9.84. The van der Waals surface area contributed by atoms with E-state index in [0.29, 0.717) is 23.1 Å². The lowest BCUT2D eigenvalue weighted by Crippen LogP contribution is -2.10. The number of anilines is 1. The smallest absolute Gasteiger partial charge is 0.265 e. The maximum Gasteiger partial charge on any atom is 0.265 e. The van der Waals surface area contributed by atoms with Crippen molar-refractivity contribution < 1.29 is 9.53 Å². The number of rotatable bonds is 7. The lowest BCUT2D eigenvalue weighted by molar-refractivity contribution is 0.103. The molecule has 2 heterocycles. The fraction of sp³-hybridized carbons (Fsp3) is 0.130. The predicted molar refractivity (Wildman–Crippen MR) is 128 cm³/mol. The fourth-order valence-electron chi connectivity index (χ4n) is 2.94. The van der Waals surface area contributed by atoms with Gasteiger partial charge in [-0.25, -0.2) is 0 Å². The van der Waals surface area contributed by atoms with Crippen molar-refractivity contribution in [2.24, 2.45) is 0 Å². The zero-order valence-electron chi connectivity index (χ0n) is 16.6. The van der Waals surface area contributed by atoms with Gasteiger partial charge in [0.25, 0.3) is 5.91 Å². The molecular formula is C23H19BrClN3O2S. The van der Waals surface area contributed by atoms with Crippen LogP contribution in [-0.2, 0) is 13.2 Å². The Balaban J connectivity index is 1.32. The number of benzene rings is 2. The van der Waals surface area contributed by atoms with Crippen molar-refractivity contribution in [3.8, 4) is 5.75 Å². The van der Waals surface area contributed by atoms with Gasteiger partial charge < -0.3 is 10.1 Å². The van der Waals surface area contributed by atoms with Crippen LogP contribution in [0.15, 0.2) is 70.8 Å². The van der Waals surface area contributed by atoms with Gasteiger partial charge in [-0.15, -0.1) is 11.3 Å². The Labute approximate surface area is 197 Å². The first-order chi connectivity index (χ1) is 15.0. The second-order valence-corrected chi connectivity index (χ2v) is 9.26. The molecule has 0 aliphatic carbocycles. The molecule has 1 amide bonds. The Morgan fingerprint density at radius 3 is 2.71 bits per heavy atom. The van der Waals surface area contributed by atoms with Crippen LogP contribution in [0.2, 0.25) is 5.02 Å². The summed E-state index contributed by atoms with van der Waals surface area (Å²) in [6.45, 7) is 3.00. The van der Waals surface area contributed by atoms with Gasteiger partial charge in [-0.2, -0.15) is 5.10 Å². The molecule has 0 saturated carbocycles. The molecule has 2 aromatic heterocycles. The van der Waals surface area contributed by atoms with E-state index in [1.54, 1.807) is 6.20 Å². The molecule has 0 fully saturated rings. The third-order valence-electron chi connectivity index (χ3n) is 4.57.